The SMILES string of the molecule is c1ccc(-n2cnc3cnc4ccc(-c5cccs5)cc4c32)cc1. The molecule has 2 aromatic carbocycles. The summed E-state index contributed by atoms with van der Waals surface area (Å²) >= 11 is 1.75. The molecule has 0 radical (unpaired) electrons. The van der Waals surface area contributed by atoms with Gasteiger partial charge in [0.2, 0.25) is 0 Å². The molecule has 0 aliphatic rings. The summed E-state index contributed by atoms with van der Waals surface area (Å²) in [6.07, 6.45) is 3.72. The summed E-state index contributed by atoms with van der Waals surface area (Å²) in [6.45, 7) is 0. The third kappa shape index (κ3) is 2.04. The van der Waals surface area contributed by atoms with E-state index in [0.29, 0.717) is 0 Å². The van der Waals surface area contributed by atoms with Gasteiger partial charge in [-0.25, -0.2) is 4.98 Å². The zero-order chi connectivity index (χ0) is 15.9. The van der Waals surface area contributed by atoms with Crippen molar-refractivity contribution in [2.24, 2.45) is 0 Å². The lowest BCUT2D eigenvalue weighted by atomic mass is 10.1. The van der Waals surface area contributed by atoms with Gasteiger partial charge in [-0.05, 0) is 41.3 Å². The highest BCUT2D eigenvalue weighted by molar-refractivity contribution is 7.13. The van der Waals surface area contributed by atoms with E-state index in [4.69, 9.17) is 0 Å². The fourth-order valence-electron chi connectivity index (χ4n) is 3.07. The van der Waals surface area contributed by atoms with Crippen molar-refractivity contribution in [2.75, 3.05) is 0 Å². The number of rotatable bonds is 2. The molecule has 24 heavy (non-hydrogen) atoms. The summed E-state index contributed by atoms with van der Waals surface area (Å²) in [6, 6.07) is 21.0. The number of nitrogens with zero attached hydrogens (tertiary/aromatic N) is 3. The molecule has 5 aromatic rings. The summed E-state index contributed by atoms with van der Waals surface area (Å²) < 4.78 is 2.14. The van der Waals surface area contributed by atoms with Gasteiger partial charge < -0.3 is 0 Å². The first-order valence-corrected chi connectivity index (χ1v) is 8.63. The van der Waals surface area contributed by atoms with Crippen molar-refractivity contribution in [3.63, 3.8) is 0 Å². The molecule has 0 bridgehead atoms. The van der Waals surface area contributed by atoms with E-state index in [1.165, 1.54) is 10.4 Å². The minimum atomic E-state index is 0.912. The molecule has 4 heteroatoms. The molecule has 114 valence electrons. The Hall–Kier alpha value is -2.98. The van der Waals surface area contributed by atoms with Crippen molar-refractivity contribution in [2.45, 2.75) is 0 Å². The minimum absolute atomic E-state index is 0.912. The van der Waals surface area contributed by atoms with E-state index in [-0.39, 0.29) is 0 Å². The van der Waals surface area contributed by atoms with Crippen molar-refractivity contribution in [3.05, 3.63) is 78.6 Å². The molecule has 0 saturated heterocycles. The van der Waals surface area contributed by atoms with Gasteiger partial charge in [-0.1, -0.05) is 30.3 Å². The molecule has 0 fully saturated rings. The fourth-order valence-corrected chi connectivity index (χ4v) is 3.80. The van der Waals surface area contributed by atoms with E-state index in [0.717, 1.165) is 27.6 Å². The quantitative estimate of drug-likeness (QED) is 0.440. The number of imidazole rings is 1. The zero-order valence-corrected chi connectivity index (χ0v) is 13.6. The number of pyridine rings is 1. The van der Waals surface area contributed by atoms with Crippen LogP contribution in [0.4, 0.5) is 0 Å². The van der Waals surface area contributed by atoms with E-state index >= 15 is 0 Å². The number of fused-ring (bicyclic) bond motifs is 3. The van der Waals surface area contributed by atoms with Crippen LogP contribution in [0, 0.1) is 0 Å². The highest BCUT2D eigenvalue weighted by atomic mass is 32.1. The largest absolute Gasteiger partial charge is 0.298 e. The topological polar surface area (TPSA) is 30.7 Å². The van der Waals surface area contributed by atoms with Gasteiger partial charge in [0.1, 0.15) is 11.8 Å². The summed E-state index contributed by atoms with van der Waals surface area (Å²) in [5.41, 5.74) is 5.32. The van der Waals surface area contributed by atoms with Gasteiger partial charge in [-0.2, -0.15) is 0 Å². The average Bonchev–Trinajstić information content (AvgIpc) is 3.32. The second kappa shape index (κ2) is 5.28. The van der Waals surface area contributed by atoms with Crippen LogP contribution < -0.4 is 0 Å². The summed E-state index contributed by atoms with van der Waals surface area (Å²) in [7, 11) is 0. The number of para-hydroxylation sites is 1. The molecule has 0 amide bonds. The molecule has 0 unspecified atom stereocenters. The number of aromatic nitrogens is 3. The molecule has 0 saturated carbocycles. The third-order valence-electron chi connectivity index (χ3n) is 4.21. The molecule has 0 spiro atoms. The Morgan fingerprint density at radius 3 is 2.58 bits per heavy atom. The van der Waals surface area contributed by atoms with Crippen LogP contribution in [0.1, 0.15) is 0 Å². The van der Waals surface area contributed by atoms with Crippen LogP contribution in [0.25, 0.3) is 38.1 Å². The predicted molar refractivity (Wildman–Crippen MR) is 99.7 cm³/mol. The standard InChI is InChI=1S/C20H13N3S/c1-2-5-15(6-3-1)23-13-22-18-12-21-17-9-8-14(11-16(17)20(18)23)19-7-4-10-24-19/h1-13H. The van der Waals surface area contributed by atoms with Crippen molar-refractivity contribution >= 4 is 33.3 Å². The summed E-state index contributed by atoms with van der Waals surface area (Å²) in [5.74, 6) is 0. The van der Waals surface area contributed by atoms with Crippen LogP contribution in [0.5, 0.6) is 0 Å². The molecular weight excluding hydrogens is 314 g/mol. The van der Waals surface area contributed by atoms with Gasteiger partial charge >= 0.3 is 0 Å². The van der Waals surface area contributed by atoms with Crippen LogP contribution in [0.2, 0.25) is 0 Å². The van der Waals surface area contributed by atoms with E-state index < -0.39 is 0 Å². The Bertz CT molecular complexity index is 1140. The first-order valence-electron chi connectivity index (χ1n) is 7.75. The van der Waals surface area contributed by atoms with Crippen molar-refractivity contribution in [1.29, 1.82) is 0 Å². The van der Waals surface area contributed by atoms with E-state index in [9.17, 15) is 0 Å². The van der Waals surface area contributed by atoms with Crippen molar-refractivity contribution in [1.82, 2.24) is 14.5 Å². The molecule has 0 aliphatic carbocycles. The second-order valence-corrected chi connectivity index (χ2v) is 6.60. The number of thiophene rings is 1. The Balaban J connectivity index is 1.85. The smallest absolute Gasteiger partial charge is 0.108 e. The van der Waals surface area contributed by atoms with Gasteiger partial charge in [0.25, 0.3) is 0 Å². The zero-order valence-electron chi connectivity index (χ0n) is 12.8. The summed E-state index contributed by atoms with van der Waals surface area (Å²) in [4.78, 5) is 10.4. The number of hydrogen-bond donors (Lipinski definition) is 0. The minimum Gasteiger partial charge on any atom is -0.298 e. The van der Waals surface area contributed by atoms with E-state index in [1.807, 2.05) is 30.7 Å². The molecule has 0 N–H and O–H groups in total. The van der Waals surface area contributed by atoms with Gasteiger partial charge in [0, 0.05) is 16.0 Å². The number of benzene rings is 2. The molecule has 0 aliphatic heterocycles. The van der Waals surface area contributed by atoms with E-state index in [1.54, 1.807) is 11.3 Å². The number of hydrogen-bond acceptors (Lipinski definition) is 3. The van der Waals surface area contributed by atoms with Crippen LogP contribution in [-0.4, -0.2) is 14.5 Å². The van der Waals surface area contributed by atoms with Gasteiger partial charge in [0.15, 0.2) is 0 Å². The van der Waals surface area contributed by atoms with Crippen LogP contribution >= 0.6 is 11.3 Å². The van der Waals surface area contributed by atoms with Crippen LogP contribution in [0.3, 0.4) is 0 Å². The average molecular weight is 327 g/mol. The predicted octanol–water partition coefficient (Wildman–Crippen LogP) is 5.30. The summed E-state index contributed by atoms with van der Waals surface area (Å²) in [5, 5.41) is 3.23. The lowest BCUT2D eigenvalue weighted by Gasteiger charge is -2.07. The van der Waals surface area contributed by atoms with E-state index in [2.05, 4.69) is 62.4 Å². The Labute approximate surface area is 142 Å². The Kier molecular flexibility index (Phi) is 2.96. The normalized spacial score (nSPS) is 11.3. The van der Waals surface area contributed by atoms with Crippen LogP contribution in [0.15, 0.2) is 78.6 Å². The van der Waals surface area contributed by atoms with Gasteiger partial charge in [-0.3, -0.25) is 9.55 Å². The lowest BCUT2D eigenvalue weighted by molar-refractivity contribution is 1.10. The maximum atomic E-state index is 4.57. The van der Waals surface area contributed by atoms with Gasteiger partial charge in [-0.15, -0.1) is 11.3 Å². The third-order valence-corrected chi connectivity index (χ3v) is 5.13. The Morgan fingerprint density at radius 2 is 1.75 bits per heavy atom. The molecule has 3 nitrogen and oxygen atoms in total. The van der Waals surface area contributed by atoms with Crippen molar-refractivity contribution < 1.29 is 0 Å². The maximum absolute atomic E-state index is 4.57. The monoisotopic (exact) mass is 327 g/mol. The molecule has 0 atom stereocenters. The first kappa shape index (κ1) is 13.5. The maximum Gasteiger partial charge on any atom is 0.108 e. The first-order chi connectivity index (χ1) is 11.9. The molecule has 5 rings (SSSR count). The highest BCUT2D eigenvalue weighted by Crippen LogP contribution is 2.31. The Morgan fingerprint density at radius 1 is 0.833 bits per heavy atom. The second-order valence-electron chi connectivity index (χ2n) is 5.65. The molecule has 3 aromatic heterocycles. The molecule has 3 heterocycles. The highest BCUT2D eigenvalue weighted by Gasteiger charge is 2.11. The van der Waals surface area contributed by atoms with Crippen molar-refractivity contribution in [3.8, 4) is 16.1 Å². The van der Waals surface area contributed by atoms with Crippen LogP contribution in [-0.2, 0) is 0 Å². The fraction of sp³-hybridized carbons (Fsp3) is 0. The molecular formula is C20H13N3S. The van der Waals surface area contributed by atoms with Gasteiger partial charge in [0.05, 0.1) is 17.2 Å². The lowest BCUT2D eigenvalue weighted by Crippen LogP contribution is -1.93.